The molecule has 1 aromatic carbocycles. The van der Waals surface area contributed by atoms with Crippen LogP contribution in [0, 0.1) is 10.5 Å². The molecule has 3 aromatic rings. The van der Waals surface area contributed by atoms with Crippen LogP contribution in [-0.4, -0.2) is 45.6 Å². The van der Waals surface area contributed by atoms with Crippen LogP contribution >= 0.6 is 22.6 Å². The lowest BCUT2D eigenvalue weighted by molar-refractivity contribution is -0.0330. The van der Waals surface area contributed by atoms with Crippen molar-refractivity contribution in [3.8, 4) is 0 Å². The predicted octanol–water partition coefficient (Wildman–Crippen LogP) is 3.58. The SMILES string of the molecule is Cc1ccc(COC(=O)N2CCO[C@H](c3nc4ncccc4[nH]3)C2)c(I)c1. The van der Waals surface area contributed by atoms with Gasteiger partial charge in [0.2, 0.25) is 0 Å². The average Bonchev–Trinajstić information content (AvgIpc) is 3.11. The van der Waals surface area contributed by atoms with Crippen molar-refractivity contribution >= 4 is 39.8 Å². The molecule has 1 aliphatic heterocycles. The van der Waals surface area contributed by atoms with Gasteiger partial charge in [0.1, 0.15) is 18.5 Å². The number of hydrogen-bond donors (Lipinski definition) is 1. The first-order valence-corrected chi connectivity index (χ1v) is 9.77. The molecule has 0 saturated carbocycles. The van der Waals surface area contributed by atoms with Crippen molar-refractivity contribution in [1.29, 1.82) is 0 Å². The molecule has 7 nitrogen and oxygen atoms in total. The maximum Gasteiger partial charge on any atom is 0.410 e. The van der Waals surface area contributed by atoms with Crippen LogP contribution in [0.4, 0.5) is 4.79 Å². The number of carbonyl (C=O) groups excluding carboxylic acids is 1. The molecule has 2 aromatic heterocycles. The lowest BCUT2D eigenvalue weighted by atomic mass is 10.2. The van der Waals surface area contributed by atoms with Crippen LogP contribution in [0.1, 0.15) is 23.1 Å². The normalized spacial score (nSPS) is 17.3. The van der Waals surface area contributed by atoms with Gasteiger partial charge in [0.25, 0.3) is 0 Å². The largest absolute Gasteiger partial charge is 0.444 e. The summed E-state index contributed by atoms with van der Waals surface area (Å²) in [6.07, 6.45) is 1.04. The first-order chi connectivity index (χ1) is 13.1. The highest BCUT2D eigenvalue weighted by Gasteiger charge is 2.28. The van der Waals surface area contributed by atoms with E-state index in [1.165, 1.54) is 5.56 Å². The van der Waals surface area contributed by atoms with Gasteiger partial charge in [0.05, 0.1) is 18.7 Å². The number of imidazole rings is 1. The summed E-state index contributed by atoms with van der Waals surface area (Å²) in [7, 11) is 0. The number of ether oxygens (including phenoxy) is 2. The summed E-state index contributed by atoms with van der Waals surface area (Å²) in [6.45, 7) is 3.63. The zero-order chi connectivity index (χ0) is 18.8. The van der Waals surface area contributed by atoms with Gasteiger partial charge in [-0.2, -0.15) is 0 Å². The molecule has 0 bridgehead atoms. The van der Waals surface area contributed by atoms with Crippen LogP contribution in [0.3, 0.4) is 0 Å². The molecule has 3 heterocycles. The van der Waals surface area contributed by atoms with Gasteiger partial charge >= 0.3 is 6.09 Å². The summed E-state index contributed by atoms with van der Waals surface area (Å²) in [6, 6.07) is 9.85. The second-order valence-electron chi connectivity index (χ2n) is 6.45. The third kappa shape index (κ3) is 4.06. The summed E-state index contributed by atoms with van der Waals surface area (Å²) < 4.78 is 12.4. The first kappa shape index (κ1) is 18.2. The predicted molar refractivity (Wildman–Crippen MR) is 108 cm³/mol. The van der Waals surface area contributed by atoms with E-state index in [0.29, 0.717) is 31.2 Å². The van der Waals surface area contributed by atoms with Crippen LogP contribution in [-0.2, 0) is 16.1 Å². The number of rotatable bonds is 3. The molecule has 4 rings (SSSR count). The molecule has 0 spiro atoms. The quantitative estimate of drug-likeness (QED) is 0.583. The summed E-state index contributed by atoms with van der Waals surface area (Å²) in [5.41, 5.74) is 3.68. The van der Waals surface area contributed by atoms with Crippen LogP contribution < -0.4 is 0 Å². The van der Waals surface area contributed by atoms with Gasteiger partial charge in [-0.15, -0.1) is 0 Å². The maximum absolute atomic E-state index is 12.5. The molecule has 1 fully saturated rings. The van der Waals surface area contributed by atoms with E-state index >= 15 is 0 Å². The Balaban J connectivity index is 1.40. The van der Waals surface area contributed by atoms with Gasteiger partial charge in [-0.3, -0.25) is 0 Å². The molecule has 0 radical (unpaired) electrons. The standard InChI is InChI=1S/C19H19IN4O3/c1-12-4-5-13(14(20)9-12)11-27-19(25)24-7-8-26-16(10-24)18-22-15-3-2-6-21-17(15)23-18/h2-6,9,16H,7-8,10-11H2,1H3,(H,21,22,23)/t16-/m0/s1. The number of aromatic nitrogens is 3. The van der Waals surface area contributed by atoms with Crippen molar-refractivity contribution in [2.24, 2.45) is 0 Å². The van der Waals surface area contributed by atoms with E-state index in [1.54, 1.807) is 11.1 Å². The molecule has 1 atom stereocenters. The van der Waals surface area contributed by atoms with Crippen molar-refractivity contribution in [1.82, 2.24) is 19.9 Å². The lowest BCUT2D eigenvalue weighted by Gasteiger charge is -2.31. The third-order valence-corrected chi connectivity index (χ3v) is 5.47. The fourth-order valence-corrected chi connectivity index (χ4v) is 3.82. The average molecular weight is 478 g/mol. The van der Waals surface area contributed by atoms with E-state index in [4.69, 9.17) is 9.47 Å². The van der Waals surface area contributed by atoms with Gasteiger partial charge in [-0.25, -0.2) is 14.8 Å². The highest BCUT2D eigenvalue weighted by molar-refractivity contribution is 14.1. The van der Waals surface area contributed by atoms with Gasteiger partial charge in [-0.05, 0) is 47.7 Å². The molecule has 140 valence electrons. The van der Waals surface area contributed by atoms with E-state index in [2.05, 4.69) is 43.6 Å². The number of nitrogens with zero attached hydrogens (tertiary/aromatic N) is 3. The zero-order valence-corrected chi connectivity index (χ0v) is 17.0. The van der Waals surface area contributed by atoms with Crippen LogP contribution in [0.5, 0.6) is 0 Å². The molecule has 1 N–H and O–H groups in total. The number of hydrogen-bond acceptors (Lipinski definition) is 5. The first-order valence-electron chi connectivity index (χ1n) is 8.69. The van der Waals surface area contributed by atoms with E-state index < -0.39 is 0 Å². The number of aromatic amines is 1. The number of H-pyrrole nitrogens is 1. The van der Waals surface area contributed by atoms with E-state index in [-0.39, 0.29) is 18.8 Å². The number of fused-ring (bicyclic) bond motifs is 1. The number of benzene rings is 1. The Hall–Kier alpha value is -2.20. The van der Waals surface area contributed by atoms with Gasteiger partial charge in [0, 0.05) is 21.9 Å². The Labute approximate surface area is 170 Å². The second-order valence-corrected chi connectivity index (χ2v) is 7.61. The summed E-state index contributed by atoms with van der Waals surface area (Å²) in [5, 5.41) is 0. The Morgan fingerprint density at radius 2 is 2.33 bits per heavy atom. The smallest absolute Gasteiger partial charge is 0.410 e. The number of morpholine rings is 1. The second kappa shape index (κ2) is 7.81. The number of aryl methyl sites for hydroxylation is 1. The van der Waals surface area contributed by atoms with Crippen LogP contribution in [0.15, 0.2) is 36.5 Å². The van der Waals surface area contributed by atoms with Gasteiger partial charge in [-0.1, -0.05) is 17.7 Å². The number of halogens is 1. The van der Waals surface area contributed by atoms with Crippen LogP contribution in [0.25, 0.3) is 11.2 Å². The molecule has 27 heavy (non-hydrogen) atoms. The fraction of sp³-hybridized carbons (Fsp3) is 0.316. The molecule has 8 heteroatoms. The molecular weight excluding hydrogens is 459 g/mol. The van der Waals surface area contributed by atoms with Crippen LogP contribution in [0.2, 0.25) is 0 Å². The number of pyridine rings is 1. The van der Waals surface area contributed by atoms with Crippen molar-refractivity contribution in [2.45, 2.75) is 19.6 Å². The van der Waals surface area contributed by atoms with E-state index in [0.717, 1.165) is 14.7 Å². The summed E-state index contributed by atoms with van der Waals surface area (Å²) >= 11 is 2.26. The highest BCUT2D eigenvalue weighted by atomic mass is 127. The van der Waals surface area contributed by atoms with Crippen molar-refractivity contribution < 1.29 is 14.3 Å². The fourth-order valence-electron chi connectivity index (χ4n) is 3.00. The highest BCUT2D eigenvalue weighted by Crippen LogP contribution is 2.23. The Morgan fingerprint density at radius 1 is 1.44 bits per heavy atom. The summed E-state index contributed by atoms with van der Waals surface area (Å²) in [5.74, 6) is 0.675. The Kier molecular flexibility index (Phi) is 5.26. The topological polar surface area (TPSA) is 80.3 Å². The lowest BCUT2D eigenvalue weighted by Crippen LogP contribution is -2.42. The van der Waals surface area contributed by atoms with Gasteiger partial charge in [0.15, 0.2) is 5.65 Å². The molecular formula is C19H19IN4O3. The maximum atomic E-state index is 12.5. The molecule has 0 aliphatic carbocycles. The minimum absolute atomic E-state index is 0.258. The number of nitrogens with one attached hydrogen (secondary N) is 1. The zero-order valence-electron chi connectivity index (χ0n) is 14.8. The number of amides is 1. The minimum Gasteiger partial charge on any atom is -0.444 e. The monoisotopic (exact) mass is 478 g/mol. The van der Waals surface area contributed by atoms with Crippen molar-refractivity contribution in [2.75, 3.05) is 19.7 Å². The third-order valence-electron chi connectivity index (χ3n) is 4.47. The Bertz CT molecular complexity index is 941. The van der Waals surface area contributed by atoms with Crippen molar-refractivity contribution in [3.05, 3.63) is 57.1 Å². The molecule has 0 unspecified atom stereocenters. The molecule has 1 aliphatic rings. The van der Waals surface area contributed by atoms with E-state index in [1.807, 2.05) is 31.2 Å². The Morgan fingerprint density at radius 3 is 3.15 bits per heavy atom. The summed E-state index contributed by atoms with van der Waals surface area (Å²) in [4.78, 5) is 26.1. The van der Waals surface area contributed by atoms with E-state index in [9.17, 15) is 4.79 Å². The van der Waals surface area contributed by atoms with Crippen molar-refractivity contribution in [3.63, 3.8) is 0 Å². The van der Waals surface area contributed by atoms with Gasteiger partial charge < -0.3 is 19.4 Å². The minimum atomic E-state index is -0.339. The number of carbonyl (C=O) groups is 1. The molecule has 1 saturated heterocycles. The molecule has 1 amide bonds.